The van der Waals surface area contributed by atoms with Gasteiger partial charge in [0.05, 0.1) is 32.2 Å². The lowest BCUT2D eigenvalue weighted by Crippen LogP contribution is -2.58. The number of nitrogens with one attached hydrogen (secondary N) is 2. The quantitative estimate of drug-likeness (QED) is 0.175. The number of imidazole rings is 1. The first-order valence-electron chi connectivity index (χ1n) is 17.1. The average molecular weight is 651 g/mol. The molecule has 3 unspecified atom stereocenters. The van der Waals surface area contributed by atoms with Crippen molar-refractivity contribution in [3.05, 3.63) is 45.9 Å². The number of ether oxygens (including phenoxy) is 2. The van der Waals surface area contributed by atoms with E-state index < -0.39 is 0 Å². The van der Waals surface area contributed by atoms with Crippen molar-refractivity contribution in [1.29, 1.82) is 0 Å². The van der Waals surface area contributed by atoms with E-state index in [9.17, 15) is 14.4 Å². The fraction of sp³-hybridized carbons (Fsp3) is 0.618. The number of hydrogen-bond donors (Lipinski definition) is 3. The van der Waals surface area contributed by atoms with Crippen molar-refractivity contribution in [2.24, 2.45) is 0 Å². The number of amides is 1. The van der Waals surface area contributed by atoms with E-state index >= 15 is 0 Å². The Kier molecular flexibility index (Phi) is 11.9. The number of fused-ring (bicyclic) bond motifs is 1. The second-order valence-electron chi connectivity index (χ2n) is 12.7. The zero-order valence-corrected chi connectivity index (χ0v) is 28.0. The van der Waals surface area contributed by atoms with Crippen LogP contribution in [0.1, 0.15) is 82.4 Å². The fourth-order valence-electron chi connectivity index (χ4n) is 6.91. The Morgan fingerprint density at radius 1 is 1.04 bits per heavy atom. The maximum absolute atomic E-state index is 13.8. The molecule has 47 heavy (non-hydrogen) atoms. The molecule has 0 aliphatic carbocycles. The van der Waals surface area contributed by atoms with Crippen LogP contribution in [0.25, 0.3) is 11.2 Å². The Hall–Kier alpha value is -3.97. The monoisotopic (exact) mass is 650 g/mol. The fourth-order valence-corrected chi connectivity index (χ4v) is 6.91. The van der Waals surface area contributed by atoms with E-state index in [-0.39, 0.29) is 53.9 Å². The van der Waals surface area contributed by atoms with E-state index in [1.807, 2.05) is 24.3 Å². The number of H-pyrrole nitrogens is 1. The molecule has 4 heterocycles. The summed E-state index contributed by atoms with van der Waals surface area (Å²) in [5.74, 6) is -0.145. The molecule has 4 N–H and O–H groups in total. The first-order valence-corrected chi connectivity index (χ1v) is 17.1. The van der Waals surface area contributed by atoms with Gasteiger partial charge in [0.1, 0.15) is 5.52 Å². The third-order valence-corrected chi connectivity index (χ3v) is 9.45. The van der Waals surface area contributed by atoms with Crippen LogP contribution in [-0.2, 0) is 27.3 Å². The number of likely N-dealkylation sites (tertiary alicyclic amines) is 2. The van der Waals surface area contributed by atoms with Gasteiger partial charge in [-0.25, -0.2) is 4.79 Å². The van der Waals surface area contributed by atoms with Gasteiger partial charge in [-0.15, -0.1) is 0 Å². The Labute approximate surface area is 276 Å². The molecule has 2 aliphatic heterocycles. The second-order valence-corrected chi connectivity index (χ2v) is 12.7. The van der Waals surface area contributed by atoms with Gasteiger partial charge in [-0.2, -0.15) is 9.97 Å². The van der Waals surface area contributed by atoms with Crippen molar-refractivity contribution >= 4 is 28.9 Å². The van der Waals surface area contributed by atoms with Crippen LogP contribution in [0.2, 0.25) is 0 Å². The summed E-state index contributed by atoms with van der Waals surface area (Å²) >= 11 is 0. The minimum absolute atomic E-state index is 0.0369. The van der Waals surface area contributed by atoms with Gasteiger partial charge in [0, 0.05) is 25.7 Å². The Morgan fingerprint density at radius 3 is 2.49 bits per heavy atom. The Balaban J connectivity index is 1.39. The number of anilines is 1. The van der Waals surface area contributed by atoms with Gasteiger partial charge in [-0.05, 0) is 56.3 Å². The largest absolute Gasteiger partial charge is 0.469 e. The van der Waals surface area contributed by atoms with Crippen molar-refractivity contribution in [2.75, 3.05) is 45.6 Å². The molecule has 0 radical (unpaired) electrons. The summed E-state index contributed by atoms with van der Waals surface area (Å²) in [7, 11) is 1.38. The van der Waals surface area contributed by atoms with E-state index in [0.29, 0.717) is 37.3 Å². The zero-order chi connectivity index (χ0) is 33.3. The lowest BCUT2D eigenvalue weighted by Gasteiger charge is -2.47. The van der Waals surface area contributed by atoms with Crippen LogP contribution >= 0.6 is 0 Å². The first kappa shape index (κ1) is 34.4. The zero-order valence-electron chi connectivity index (χ0n) is 28.0. The number of nitrogens with zero attached hydrogens (tertiary/aromatic N) is 5. The number of nitrogens with two attached hydrogens (primary N) is 1. The topological polar surface area (TPSA) is 161 Å². The van der Waals surface area contributed by atoms with E-state index in [4.69, 9.17) is 20.2 Å². The summed E-state index contributed by atoms with van der Waals surface area (Å²) in [6.07, 6.45) is 7.86. The molecule has 0 saturated carbocycles. The highest BCUT2D eigenvalue weighted by molar-refractivity contribution is 5.82. The number of rotatable bonds is 14. The highest BCUT2D eigenvalue weighted by atomic mass is 16.5. The minimum atomic E-state index is -0.350. The van der Waals surface area contributed by atoms with Gasteiger partial charge in [0.25, 0.3) is 0 Å². The molecule has 5 rings (SSSR count). The van der Waals surface area contributed by atoms with Crippen LogP contribution < -0.4 is 21.5 Å². The van der Waals surface area contributed by atoms with E-state index in [2.05, 4.69) is 38.9 Å². The molecule has 0 spiro atoms. The van der Waals surface area contributed by atoms with E-state index in [1.54, 1.807) is 4.57 Å². The summed E-state index contributed by atoms with van der Waals surface area (Å²) in [5, 5.41) is 3.15. The number of piperidine rings is 2. The number of esters is 1. The standard InChI is InChI=1S/C34H50N8O5/c1-4-6-19-47-33-38-30(35)29-31(39-33)42(34(45)37-29)27-22-41(18-15-25(27)40-16-8-7-9-17-40)26(10-5-2)32(44)36-21-24-13-11-23(12-14-24)20-28(43)46-3/h11-14,25-27H,4-10,15-22H2,1-3H3,(H,36,44)(H,37,45)(H2,35,38,39). The molecule has 13 nitrogen and oxygen atoms in total. The molecular weight excluding hydrogens is 600 g/mol. The number of aromatic nitrogens is 4. The smallest absolute Gasteiger partial charge is 0.328 e. The number of hydrogen-bond acceptors (Lipinski definition) is 10. The molecule has 256 valence electrons. The molecule has 1 amide bonds. The van der Waals surface area contributed by atoms with Crippen molar-refractivity contribution < 1.29 is 19.1 Å². The van der Waals surface area contributed by atoms with Crippen LogP contribution in [0, 0.1) is 0 Å². The van der Waals surface area contributed by atoms with Crippen molar-refractivity contribution in [3.63, 3.8) is 0 Å². The highest BCUT2D eigenvalue weighted by Crippen LogP contribution is 2.32. The average Bonchev–Trinajstić information content (AvgIpc) is 3.43. The minimum Gasteiger partial charge on any atom is -0.469 e. The second kappa shape index (κ2) is 16.2. The van der Waals surface area contributed by atoms with Crippen molar-refractivity contribution in [2.45, 2.75) is 96.3 Å². The Morgan fingerprint density at radius 2 is 1.79 bits per heavy atom. The van der Waals surface area contributed by atoms with Crippen LogP contribution in [0.3, 0.4) is 0 Å². The first-order chi connectivity index (χ1) is 22.8. The van der Waals surface area contributed by atoms with Crippen LogP contribution in [0.4, 0.5) is 5.82 Å². The van der Waals surface area contributed by atoms with Gasteiger partial charge in [0.15, 0.2) is 11.5 Å². The number of unbranched alkanes of at least 4 members (excludes halogenated alkanes) is 1. The highest BCUT2D eigenvalue weighted by Gasteiger charge is 2.40. The SMILES string of the molecule is CCCCOc1nc(N)c2[nH]c(=O)n(C3CN(C(CCC)C(=O)NCc4ccc(CC(=O)OC)cc4)CCC3N3CCCCC3)c2n1. The van der Waals surface area contributed by atoms with Gasteiger partial charge in [-0.1, -0.05) is 57.4 Å². The maximum Gasteiger partial charge on any atom is 0.328 e. The number of carbonyl (C=O) groups is 2. The lowest BCUT2D eigenvalue weighted by atomic mass is 9.93. The molecule has 2 saturated heterocycles. The summed E-state index contributed by atoms with van der Waals surface area (Å²) in [6.45, 7) is 8.25. The summed E-state index contributed by atoms with van der Waals surface area (Å²) in [5.41, 5.74) is 8.69. The summed E-state index contributed by atoms with van der Waals surface area (Å²) in [4.78, 5) is 55.7. The number of benzene rings is 1. The van der Waals surface area contributed by atoms with Crippen LogP contribution in [-0.4, -0.2) is 93.2 Å². The predicted molar refractivity (Wildman–Crippen MR) is 180 cm³/mol. The molecule has 0 bridgehead atoms. The Bertz CT molecular complexity index is 1550. The van der Waals surface area contributed by atoms with E-state index in [1.165, 1.54) is 13.5 Å². The molecule has 2 aromatic heterocycles. The third-order valence-electron chi connectivity index (χ3n) is 9.45. The van der Waals surface area contributed by atoms with Crippen LogP contribution in [0.15, 0.2) is 29.1 Å². The maximum atomic E-state index is 13.8. The predicted octanol–water partition coefficient (Wildman–Crippen LogP) is 3.18. The van der Waals surface area contributed by atoms with Gasteiger partial charge < -0.3 is 25.5 Å². The molecular formula is C34H50N8O5. The molecule has 13 heteroatoms. The number of aromatic amines is 1. The number of carbonyl (C=O) groups excluding carboxylic acids is 2. The van der Waals surface area contributed by atoms with Crippen LogP contribution in [0.5, 0.6) is 6.01 Å². The normalized spacial score (nSPS) is 19.8. The molecule has 3 aromatic rings. The van der Waals surface area contributed by atoms with Gasteiger partial charge >= 0.3 is 17.7 Å². The van der Waals surface area contributed by atoms with Gasteiger partial charge in [0.2, 0.25) is 5.91 Å². The molecule has 1 aromatic carbocycles. The van der Waals surface area contributed by atoms with Crippen molar-refractivity contribution in [3.8, 4) is 6.01 Å². The molecule has 2 fully saturated rings. The van der Waals surface area contributed by atoms with E-state index in [0.717, 1.165) is 69.3 Å². The number of nitrogen functional groups attached to an aromatic ring is 1. The molecule has 2 aliphatic rings. The van der Waals surface area contributed by atoms with Gasteiger partial charge in [-0.3, -0.25) is 24.0 Å². The number of methoxy groups -OCH3 is 1. The lowest BCUT2D eigenvalue weighted by molar-refractivity contribution is -0.139. The summed E-state index contributed by atoms with van der Waals surface area (Å²) in [6, 6.07) is 7.28. The van der Waals surface area contributed by atoms with Crippen molar-refractivity contribution in [1.82, 2.24) is 34.6 Å². The third kappa shape index (κ3) is 8.31. The summed E-state index contributed by atoms with van der Waals surface area (Å²) < 4.78 is 12.3. The molecule has 3 atom stereocenters.